The number of benzene rings is 1. The second-order valence-electron chi connectivity index (χ2n) is 2.05. The number of fused-ring (bicyclic) bond motifs is 1. The molecule has 1 aromatic carbocycles. The molecular weight excluding hydrogens is 163 g/mol. The van der Waals surface area contributed by atoms with Crippen molar-refractivity contribution in [2.24, 2.45) is 0 Å². The molecule has 2 nitrogen and oxygen atoms in total. The summed E-state index contributed by atoms with van der Waals surface area (Å²) in [6, 6.07) is 7.80. The number of hydrogen-bond donors (Lipinski definition) is 0. The molecule has 2 aromatic rings. The van der Waals surface area contributed by atoms with Gasteiger partial charge in [0.2, 0.25) is 0 Å². The molecule has 50 valence electrons. The first-order valence-corrected chi connectivity index (χ1v) is 3.12. The molecule has 0 saturated carbocycles. The van der Waals surface area contributed by atoms with E-state index in [9.17, 15) is 0 Å². The van der Waals surface area contributed by atoms with E-state index in [2.05, 4.69) is 9.97 Å². The smallest absolute Gasteiger partial charge is 0.0886 e. The van der Waals surface area contributed by atoms with Crippen LogP contribution < -0.4 is 0 Å². The average Bonchev–Trinajstić information content (AvgIpc) is 2.05. The van der Waals surface area contributed by atoms with Gasteiger partial charge in [-0.2, -0.15) is 0 Å². The zero-order valence-corrected chi connectivity index (χ0v) is 5.36. The maximum absolute atomic E-state index is 4.12. The van der Waals surface area contributed by atoms with Gasteiger partial charge in [-0.3, -0.25) is 9.97 Å². The Labute approximate surface area is 107 Å². The van der Waals surface area contributed by atoms with Crippen molar-refractivity contribution in [2.45, 2.75) is 0 Å². The third kappa shape index (κ3) is 2.07. The Balaban J connectivity index is 0.000000605. The van der Waals surface area contributed by atoms with Gasteiger partial charge in [0.15, 0.2) is 0 Å². The average molecular weight is 170 g/mol. The summed E-state index contributed by atoms with van der Waals surface area (Å²) in [6.45, 7) is 0. The zero-order chi connectivity index (χ0) is 6.81. The van der Waals surface area contributed by atoms with E-state index >= 15 is 0 Å². The van der Waals surface area contributed by atoms with Crippen LogP contribution in [0.5, 0.6) is 0 Å². The van der Waals surface area contributed by atoms with Gasteiger partial charge in [-0.25, -0.2) is 0 Å². The van der Waals surface area contributed by atoms with Crippen molar-refractivity contribution in [3.8, 4) is 0 Å². The van der Waals surface area contributed by atoms with E-state index in [0.717, 1.165) is 11.0 Å². The summed E-state index contributed by atoms with van der Waals surface area (Å²) in [6.07, 6.45) is 3.39. The van der Waals surface area contributed by atoms with E-state index in [4.69, 9.17) is 0 Å². The molecule has 0 fully saturated rings. The minimum absolute atomic E-state index is 0. The van der Waals surface area contributed by atoms with E-state index in [-0.39, 0.29) is 51.4 Å². The quantitative estimate of drug-likeness (QED) is 0.551. The fourth-order valence-corrected chi connectivity index (χ4v) is 0.910. The summed E-state index contributed by atoms with van der Waals surface area (Å²) in [5, 5.41) is 0. The van der Waals surface area contributed by atoms with Gasteiger partial charge in [0.1, 0.15) is 0 Å². The number of nitrogens with zero attached hydrogens (tertiary/aromatic N) is 2. The van der Waals surface area contributed by atoms with Gasteiger partial charge in [-0.1, -0.05) is 12.1 Å². The van der Waals surface area contributed by atoms with Gasteiger partial charge >= 0.3 is 51.4 Å². The molecule has 0 amide bonds. The van der Waals surface area contributed by atoms with Gasteiger partial charge in [0.25, 0.3) is 0 Å². The van der Waals surface area contributed by atoms with Crippen LogP contribution in [0.2, 0.25) is 0 Å². The van der Waals surface area contributed by atoms with Crippen molar-refractivity contribution in [3.05, 3.63) is 36.7 Å². The minimum atomic E-state index is 0. The largest absolute Gasteiger partial charge is 0.253 e. The molecule has 1 heterocycles. The third-order valence-electron chi connectivity index (χ3n) is 1.38. The minimum Gasteiger partial charge on any atom is -0.253 e. The Morgan fingerprint density at radius 2 is 1.27 bits per heavy atom. The first kappa shape index (κ1) is 9.29. The van der Waals surface area contributed by atoms with Gasteiger partial charge in [-0.05, 0) is 12.1 Å². The fraction of sp³-hybridized carbons (Fsp3) is 0. The number of hydrogen-bond acceptors (Lipinski definition) is 2. The molecule has 0 aliphatic rings. The van der Waals surface area contributed by atoms with Crippen LogP contribution in [0, 0.1) is 0 Å². The van der Waals surface area contributed by atoms with Gasteiger partial charge < -0.3 is 0 Å². The maximum atomic E-state index is 4.12. The molecule has 1 aromatic heterocycles. The second-order valence-corrected chi connectivity index (χ2v) is 2.05. The molecule has 0 aliphatic carbocycles. The summed E-state index contributed by atoms with van der Waals surface area (Å²) >= 11 is 0. The Hall–Kier alpha value is 0.196. The van der Waals surface area contributed by atoms with Crippen LogP contribution in [0.3, 0.4) is 0 Å². The van der Waals surface area contributed by atoms with Crippen molar-refractivity contribution in [1.29, 1.82) is 0 Å². The van der Waals surface area contributed by atoms with Crippen LogP contribution in [0.1, 0.15) is 0 Å². The predicted molar refractivity (Wildman–Crippen MR) is 46.7 cm³/mol. The molecule has 0 spiro atoms. The Bertz CT molecular complexity index is 283. The molecule has 0 atom stereocenters. The topological polar surface area (TPSA) is 25.8 Å². The molecule has 0 radical (unpaired) electrons. The predicted octanol–water partition coefficient (Wildman–Crippen LogP) is 0.981. The van der Waals surface area contributed by atoms with Crippen LogP contribution in [0.4, 0.5) is 0 Å². The number of para-hydroxylation sites is 2. The Morgan fingerprint density at radius 3 is 1.73 bits per heavy atom. The summed E-state index contributed by atoms with van der Waals surface area (Å²) in [7, 11) is 0. The summed E-state index contributed by atoms with van der Waals surface area (Å²) in [4.78, 5) is 8.24. The molecule has 3 heteroatoms. The van der Waals surface area contributed by atoms with Crippen LogP contribution in [-0.4, -0.2) is 61.4 Å². The monoisotopic (exact) mass is 170 g/mol. The number of rotatable bonds is 0. The number of aromatic nitrogens is 2. The van der Waals surface area contributed by atoms with Crippen molar-refractivity contribution in [2.75, 3.05) is 0 Å². The Morgan fingerprint density at radius 1 is 0.818 bits per heavy atom. The Kier molecular flexibility index (Phi) is 3.61. The second kappa shape index (κ2) is 4.28. The zero-order valence-electron chi connectivity index (χ0n) is 5.36. The van der Waals surface area contributed by atoms with Gasteiger partial charge in [0.05, 0.1) is 11.0 Å². The standard InChI is InChI=1S/C8H6N2.K.H/c1-2-4-8-7(3-1)9-5-6-10-8;;/h1-6H;;. The SMILES string of the molecule is [KH].c1ccc2nccnc2c1. The van der Waals surface area contributed by atoms with Crippen molar-refractivity contribution < 1.29 is 0 Å². The summed E-state index contributed by atoms with van der Waals surface area (Å²) < 4.78 is 0. The van der Waals surface area contributed by atoms with Gasteiger partial charge in [0, 0.05) is 12.4 Å². The maximum Gasteiger partial charge on any atom is 0.0886 e. The van der Waals surface area contributed by atoms with E-state index in [1.165, 1.54) is 0 Å². The summed E-state index contributed by atoms with van der Waals surface area (Å²) in [5.74, 6) is 0. The van der Waals surface area contributed by atoms with Crippen LogP contribution in [0.15, 0.2) is 36.7 Å². The van der Waals surface area contributed by atoms with E-state index in [1.807, 2.05) is 24.3 Å². The molecule has 0 unspecified atom stereocenters. The van der Waals surface area contributed by atoms with Crippen LogP contribution >= 0.6 is 0 Å². The van der Waals surface area contributed by atoms with Crippen molar-refractivity contribution in [1.82, 2.24) is 9.97 Å². The van der Waals surface area contributed by atoms with Crippen molar-refractivity contribution >= 4 is 62.4 Å². The molecule has 0 aliphatic heterocycles. The van der Waals surface area contributed by atoms with Crippen LogP contribution in [-0.2, 0) is 0 Å². The molecule has 0 N–H and O–H groups in total. The first-order chi connectivity index (χ1) is 4.97. The first-order valence-electron chi connectivity index (χ1n) is 3.12. The molecule has 11 heavy (non-hydrogen) atoms. The fourth-order valence-electron chi connectivity index (χ4n) is 0.910. The van der Waals surface area contributed by atoms with Gasteiger partial charge in [-0.15, -0.1) is 0 Å². The molecular formula is C8H7KN2. The van der Waals surface area contributed by atoms with E-state index in [0.29, 0.717) is 0 Å². The third-order valence-corrected chi connectivity index (χ3v) is 1.38. The molecule has 2 rings (SSSR count). The summed E-state index contributed by atoms with van der Waals surface area (Å²) in [5.41, 5.74) is 1.90. The molecule has 0 bridgehead atoms. The van der Waals surface area contributed by atoms with E-state index in [1.54, 1.807) is 12.4 Å². The van der Waals surface area contributed by atoms with E-state index < -0.39 is 0 Å². The normalized spacial score (nSPS) is 9.09. The molecule has 0 saturated heterocycles. The van der Waals surface area contributed by atoms with Crippen molar-refractivity contribution in [3.63, 3.8) is 0 Å². The van der Waals surface area contributed by atoms with Crippen LogP contribution in [0.25, 0.3) is 11.0 Å².